The van der Waals surface area contributed by atoms with Crippen LogP contribution in [0.1, 0.15) is 29.0 Å². The van der Waals surface area contributed by atoms with E-state index in [0.29, 0.717) is 5.69 Å². The van der Waals surface area contributed by atoms with E-state index in [2.05, 4.69) is 16.0 Å². The number of carbonyl (C=O) groups is 2. The van der Waals surface area contributed by atoms with Crippen molar-refractivity contribution in [2.45, 2.75) is 19.8 Å². The lowest BCUT2D eigenvalue weighted by Crippen LogP contribution is -2.37. The summed E-state index contributed by atoms with van der Waals surface area (Å²) in [6.07, 6.45) is 3.39. The van der Waals surface area contributed by atoms with E-state index in [1.165, 1.54) is 6.26 Å². The molecule has 1 unspecified atom stereocenters. The zero-order chi connectivity index (χ0) is 16.9. The largest absolute Gasteiger partial charge is 0.459 e. The molecule has 1 fully saturated rings. The minimum absolute atomic E-state index is 0.0115. The van der Waals surface area contributed by atoms with Crippen LogP contribution in [0, 0.1) is 12.8 Å². The quantitative estimate of drug-likeness (QED) is 0.806. The van der Waals surface area contributed by atoms with E-state index in [1.54, 1.807) is 24.3 Å². The summed E-state index contributed by atoms with van der Waals surface area (Å²) >= 11 is 0. The lowest BCUT2D eigenvalue weighted by atomic mass is 9.98. The van der Waals surface area contributed by atoms with Crippen molar-refractivity contribution in [2.75, 3.05) is 23.7 Å². The standard InChI is InChI=1S/C18H21N3O3/c1-12-10-14(20-17(22)13-4-2-8-19-11-13)6-7-15(12)21-18(23)16-5-3-9-24-16/h3,5-7,9-10,13,19H,2,4,8,11H2,1H3,(H,20,22)(H,21,23). The minimum Gasteiger partial charge on any atom is -0.459 e. The number of furan rings is 1. The number of aryl methyl sites for hydroxylation is 1. The molecule has 1 aliphatic rings. The van der Waals surface area contributed by atoms with Crippen LogP contribution < -0.4 is 16.0 Å². The number of hydrogen-bond acceptors (Lipinski definition) is 4. The molecule has 2 aromatic rings. The molecular formula is C18H21N3O3. The lowest BCUT2D eigenvalue weighted by molar-refractivity contribution is -0.120. The highest BCUT2D eigenvalue weighted by Crippen LogP contribution is 2.22. The van der Waals surface area contributed by atoms with Gasteiger partial charge in [0.1, 0.15) is 0 Å². The second-order valence-corrected chi connectivity index (χ2v) is 5.99. The fourth-order valence-corrected chi connectivity index (χ4v) is 2.79. The molecule has 3 rings (SSSR count). The van der Waals surface area contributed by atoms with Crippen LogP contribution in [0.15, 0.2) is 41.0 Å². The number of anilines is 2. The van der Waals surface area contributed by atoms with E-state index in [4.69, 9.17) is 4.42 Å². The molecule has 1 saturated heterocycles. The van der Waals surface area contributed by atoms with Gasteiger partial charge < -0.3 is 20.4 Å². The molecule has 1 aliphatic heterocycles. The Kier molecular flexibility index (Phi) is 4.96. The van der Waals surface area contributed by atoms with E-state index >= 15 is 0 Å². The van der Waals surface area contributed by atoms with Gasteiger partial charge in [0.05, 0.1) is 12.2 Å². The number of rotatable bonds is 4. The van der Waals surface area contributed by atoms with E-state index in [1.807, 2.05) is 13.0 Å². The number of amides is 2. The normalized spacial score (nSPS) is 17.3. The zero-order valence-corrected chi connectivity index (χ0v) is 13.6. The van der Waals surface area contributed by atoms with Crippen molar-refractivity contribution in [1.82, 2.24) is 5.32 Å². The summed E-state index contributed by atoms with van der Waals surface area (Å²) in [6, 6.07) is 8.70. The van der Waals surface area contributed by atoms with Crippen molar-refractivity contribution in [3.8, 4) is 0 Å². The highest BCUT2D eigenvalue weighted by Gasteiger charge is 2.21. The molecule has 3 N–H and O–H groups in total. The van der Waals surface area contributed by atoms with Gasteiger partial charge in [-0.1, -0.05) is 0 Å². The third-order valence-electron chi connectivity index (χ3n) is 4.15. The average molecular weight is 327 g/mol. The summed E-state index contributed by atoms with van der Waals surface area (Å²) in [7, 11) is 0. The number of piperidine rings is 1. The number of carbonyl (C=O) groups excluding carboxylic acids is 2. The van der Waals surface area contributed by atoms with Crippen molar-refractivity contribution < 1.29 is 14.0 Å². The summed E-state index contributed by atoms with van der Waals surface area (Å²) in [4.78, 5) is 24.3. The molecule has 1 aromatic heterocycles. The third-order valence-corrected chi connectivity index (χ3v) is 4.15. The molecule has 1 aromatic carbocycles. The first kappa shape index (κ1) is 16.3. The van der Waals surface area contributed by atoms with E-state index in [0.717, 1.165) is 37.2 Å². The van der Waals surface area contributed by atoms with Crippen LogP contribution in [0.25, 0.3) is 0 Å². The second-order valence-electron chi connectivity index (χ2n) is 5.99. The van der Waals surface area contributed by atoms with Crippen molar-refractivity contribution >= 4 is 23.2 Å². The van der Waals surface area contributed by atoms with Gasteiger partial charge in [0.25, 0.3) is 5.91 Å². The maximum Gasteiger partial charge on any atom is 0.291 e. The monoisotopic (exact) mass is 327 g/mol. The zero-order valence-electron chi connectivity index (χ0n) is 13.6. The molecule has 1 atom stereocenters. The summed E-state index contributed by atoms with van der Waals surface area (Å²) in [5.74, 6) is 0.0103. The summed E-state index contributed by atoms with van der Waals surface area (Å²) in [6.45, 7) is 3.59. The molecular weight excluding hydrogens is 306 g/mol. The number of hydrogen-bond donors (Lipinski definition) is 3. The van der Waals surface area contributed by atoms with Gasteiger partial charge in [0, 0.05) is 17.9 Å². The molecule has 0 radical (unpaired) electrons. The lowest BCUT2D eigenvalue weighted by Gasteiger charge is -2.22. The molecule has 24 heavy (non-hydrogen) atoms. The van der Waals surface area contributed by atoms with Crippen LogP contribution >= 0.6 is 0 Å². The molecule has 0 saturated carbocycles. The molecule has 6 nitrogen and oxygen atoms in total. The van der Waals surface area contributed by atoms with Crippen LogP contribution in [0.5, 0.6) is 0 Å². The molecule has 6 heteroatoms. The first-order valence-corrected chi connectivity index (χ1v) is 8.10. The highest BCUT2D eigenvalue weighted by atomic mass is 16.3. The van der Waals surface area contributed by atoms with Crippen LogP contribution in [-0.4, -0.2) is 24.9 Å². The molecule has 126 valence electrons. The average Bonchev–Trinajstić information content (AvgIpc) is 3.13. The second kappa shape index (κ2) is 7.31. The van der Waals surface area contributed by atoms with Gasteiger partial charge in [0.2, 0.25) is 5.91 Å². The van der Waals surface area contributed by atoms with E-state index < -0.39 is 0 Å². The topological polar surface area (TPSA) is 83.4 Å². The number of benzene rings is 1. The Balaban J connectivity index is 1.63. The van der Waals surface area contributed by atoms with Crippen LogP contribution in [-0.2, 0) is 4.79 Å². The van der Waals surface area contributed by atoms with Gasteiger partial charge >= 0.3 is 0 Å². The van der Waals surface area contributed by atoms with Crippen molar-refractivity contribution in [2.24, 2.45) is 5.92 Å². The van der Waals surface area contributed by atoms with Crippen LogP contribution in [0.4, 0.5) is 11.4 Å². The first-order valence-electron chi connectivity index (χ1n) is 8.10. The molecule has 0 aliphatic carbocycles. The van der Waals surface area contributed by atoms with Crippen LogP contribution in [0.2, 0.25) is 0 Å². The maximum atomic E-state index is 12.3. The molecule has 2 amide bonds. The van der Waals surface area contributed by atoms with Gasteiger partial charge in [-0.3, -0.25) is 9.59 Å². The molecule has 0 spiro atoms. The fraction of sp³-hybridized carbons (Fsp3) is 0.333. The van der Waals surface area contributed by atoms with Gasteiger partial charge in [-0.05, 0) is 62.2 Å². The summed E-state index contributed by atoms with van der Waals surface area (Å²) in [5, 5.41) is 8.99. The summed E-state index contributed by atoms with van der Waals surface area (Å²) in [5.41, 5.74) is 2.29. The Morgan fingerprint density at radius 1 is 1.25 bits per heavy atom. The fourth-order valence-electron chi connectivity index (χ4n) is 2.79. The highest BCUT2D eigenvalue weighted by molar-refractivity contribution is 6.03. The van der Waals surface area contributed by atoms with Crippen molar-refractivity contribution in [1.29, 1.82) is 0 Å². The van der Waals surface area contributed by atoms with E-state index in [9.17, 15) is 9.59 Å². The Hall–Kier alpha value is -2.60. The SMILES string of the molecule is Cc1cc(NC(=O)C2CCCNC2)ccc1NC(=O)c1ccco1. The Labute approximate surface area is 140 Å². The predicted molar refractivity (Wildman–Crippen MR) is 92.1 cm³/mol. The van der Waals surface area contributed by atoms with Crippen molar-refractivity contribution in [3.63, 3.8) is 0 Å². The van der Waals surface area contributed by atoms with Crippen molar-refractivity contribution in [3.05, 3.63) is 47.9 Å². The molecule has 0 bridgehead atoms. The van der Waals surface area contributed by atoms with Crippen LogP contribution in [0.3, 0.4) is 0 Å². The third kappa shape index (κ3) is 3.83. The maximum absolute atomic E-state index is 12.3. The van der Waals surface area contributed by atoms with E-state index in [-0.39, 0.29) is 23.5 Å². The van der Waals surface area contributed by atoms with Gasteiger partial charge in [-0.15, -0.1) is 0 Å². The Bertz CT molecular complexity index is 719. The smallest absolute Gasteiger partial charge is 0.291 e. The first-order chi connectivity index (χ1) is 11.6. The summed E-state index contributed by atoms with van der Waals surface area (Å²) < 4.78 is 5.08. The Morgan fingerprint density at radius 2 is 2.12 bits per heavy atom. The molecule has 2 heterocycles. The minimum atomic E-state index is -0.298. The number of nitrogens with one attached hydrogen (secondary N) is 3. The van der Waals surface area contributed by atoms with Gasteiger partial charge in [-0.2, -0.15) is 0 Å². The van der Waals surface area contributed by atoms with Gasteiger partial charge in [0.15, 0.2) is 5.76 Å². The predicted octanol–water partition coefficient (Wildman–Crippen LogP) is 2.78. The van der Waals surface area contributed by atoms with Gasteiger partial charge in [-0.25, -0.2) is 0 Å². The Morgan fingerprint density at radius 3 is 2.79 bits per heavy atom.